The summed E-state index contributed by atoms with van der Waals surface area (Å²) in [7, 11) is 0. The molecule has 34 heavy (non-hydrogen) atoms. The SMILES string of the molecule is O=C(CCc1ccc2c(c1)OCO2)Cc1cnc(NC2=NC=NC3c4ccccc4SC23)nc1. The number of nitrogens with one attached hydrogen (secondary N) is 1. The Morgan fingerprint density at radius 3 is 2.82 bits per heavy atom. The number of aryl methyl sites for hydroxylation is 1. The van der Waals surface area contributed by atoms with Crippen LogP contribution in [0.3, 0.4) is 0 Å². The van der Waals surface area contributed by atoms with E-state index in [0.29, 0.717) is 25.2 Å². The third-order valence-corrected chi connectivity index (χ3v) is 7.31. The lowest BCUT2D eigenvalue weighted by molar-refractivity contribution is -0.118. The van der Waals surface area contributed by atoms with Crippen molar-refractivity contribution in [3.8, 4) is 11.5 Å². The van der Waals surface area contributed by atoms with Crippen LogP contribution in [0.1, 0.15) is 29.2 Å². The van der Waals surface area contributed by atoms with Crippen LogP contribution in [0.15, 0.2) is 69.7 Å². The number of hydrogen-bond acceptors (Lipinski definition) is 9. The van der Waals surface area contributed by atoms with Crippen LogP contribution in [-0.4, -0.2) is 40.0 Å². The predicted octanol–water partition coefficient (Wildman–Crippen LogP) is 4.02. The van der Waals surface area contributed by atoms with E-state index in [1.807, 2.05) is 30.3 Å². The molecule has 3 aliphatic heterocycles. The van der Waals surface area contributed by atoms with Gasteiger partial charge < -0.3 is 14.8 Å². The fourth-order valence-corrected chi connectivity index (χ4v) is 5.56. The Morgan fingerprint density at radius 2 is 1.91 bits per heavy atom. The Balaban J connectivity index is 1.04. The van der Waals surface area contributed by atoms with Crippen molar-refractivity contribution in [3.05, 3.63) is 71.5 Å². The van der Waals surface area contributed by atoms with Gasteiger partial charge in [-0.15, -0.1) is 11.8 Å². The summed E-state index contributed by atoms with van der Waals surface area (Å²) >= 11 is 1.75. The van der Waals surface area contributed by atoms with Crippen molar-refractivity contribution in [1.82, 2.24) is 9.97 Å². The summed E-state index contributed by atoms with van der Waals surface area (Å²) < 4.78 is 10.7. The minimum Gasteiger partial charge on any atom is -0.454 e. The molecule has 0 saturated carbocycles. The van der Waals surface area contributed by atoms with Crippen LogP contribution >= 0.6 is 11.8 Å². The van der Waals surface area contributed by atoms with E-state index in [2.05, 4.69) is 37.4 Å². The zero-order valence-corrected chi connectivity index (χ0v) is 19.0. The number of anilines is 1. The van der Waals surface area contributed by atoms with E-state index in [1.165, 1.54) is 10.5 Å². The van der Waals surface area contributed by atoms with Gasteiger partial charge in [-0.1, -0.05) is 24.3 Å². The van der Waals surface area contributed by atoms with Gasteiger partial charge in [-0.2, -0.15) is 0 Å². The van der Waals surface area contributed by atoms with E-state index >= 15 is 0 Å². The number of rotatable bonds is 6. The number of ketones is 1. The maximum Gasteiger partial charge on any atom is 0.231 e. The van der Waals surface area contributed by atoms with Crippen LogP contribution in [0.5, 0.6) is 11.5 Å². The molecule has 2 atom stereocenters. The molecule has 2 unspecified atom stereocenters. The lowest BCUT2D eigenvalue weighted by Crippen LogP contribution is -2.31. The normalized spacial score (nSPS) is 19.4. The molecule has 0 amide bonds. The number of carbonyl (C=O) groups is 1. The number of fused-ring (bicyclic) bond motifs is 4. The van der Waals surface area contributed by atoms with Gasteiger partial charge in [0.2, 0.25) is 12.7 Å². The predicted molar refractivity (Wildman–Crippen MR) is 130 cm³/mol. The fraction of sp³-hybridized carbons (Fsp3) is 0.240. The van der Waals surface area contributed by atoms with Crippen molar-refractivity contribution in [2.24, 2.45) is 9.98 Å². The lowest BCUT2D eigenvalue weighted by Gasteiger charge is -2.21. The number of ether oxygens (including phenoxy) is 2. The Morgan fingerprint density at radius 1 is 1.06 bits per heavy atom. The number of hydrogen-bond donors (Lipinski definition) is 1. The first-order valence-corrected chi connectivity index (χ1v) is 11.9. The molecule has 3 aliphatic rings. The van der Waals surface area contributed by atoms with Gasteiger partial charge in [-0.25, -0.2) is 15.0 Å². The number of amidine groups is 1. The van der Waals surface area contributed by atoms with Gasteiger partial charge in [0.1, 0.15) is 18.0 Å². The molecule has 3 aromatic rings. The van der Waals surface area contributed by atoms with Crippen molar-refractivity contribution < 1.29 is 14.3 Å². The second kappa shape index (κ2) is 8.90. The number of Topliss-reactive ketones (excluding diaryl/α,β-unsaturated/α-hetero) is 1. The van der Waals surface area contributed by atoms with Crippen LogP contribution < -0.4 is 14.8 Å². The number of benzene rings is 2. The second-order valence-corrected chi connectivity index (χ2v) is 9.43. The van der Waals surface area contributed by atoms with Crippen LogP contribution in [0.4, 0.5) is 5.95 Å². The van der Waals surface area contributed by atoms with Crippen molar-refractivity contribution in [2.75, 3.05) is 12.1 Å². The van der Waals surface area contributed by atoms with Crippen molar-refractivity contribution in [1.29, 1.82) is 0 Å². The highest BCUT2D eigenvalue weighted by atomic mass is 32.2. The van der Waals surface area contributed by atoms with E-state index < -0.39 is 0 Å². The maximum absolute atomic E-state index is 12.5. The summed E-state index contributed by atoms with van der Waals surface area (Å²) in [5.41, 5.74) is 3.06. The second-order valence-electron chi connectivity index (χ2n) is 8.24. The highest BCUT2D eigenvalue weighted by Crippen LogP contribution is 2.47. The first kappa shape index (κ1) is 20.9. The van der Waals surface area contributed by atoms with E-state index in [1.54, 1.807) is 30.5 Å². The quantitative estimate of drug-likeness (QED) is 0.580. The van der Waals surface area contributed by atoms with Crippen LogP contribution in [-0.2, 0) is 17.6 Å². The molecule has 0 fully saturated rings. The number of nitrogens with zero attached hydrogens (tertiary/aromatic N) is 4. The molecular formula is C25H21N5O3S. The first-order chi connectivity index (χ1) is 16.7. The highest BCUT2D eigenvalue weighted by Gasteiger charge is 2.38. The van der Waals surface area contributed by atoms with E-state index in [-0.39, 0.29) is 23.9 Å². The third-order valence-electron chi connectivity index (χ3n) is 5.95. The van der Waals surface area contributed by atoms with Gasteiger partial charge in [0.15, 0.2) is 11.5 Å². The molecule has 0 aliphatic carbocycles. The molecule has 6 rings (SSSR count). The summed E-state index contributed by atoms with van der Waals surface area (Å²) in [4.78, 5) is 31.5. The Hall–Kier alpha value is -3.72. The first-order valence-electron chi connectivity index (χ1n) is 11.1. The highest BCUT2D eigenvalue weighted by molar-refractivity contribution is 8.01. The minimum atomic E-state index is 0.0443. The average Bonchev–Trinajstić information content (AvgIpc) is 3.49. The van der Waals surface area contributed by atoms with Gasteiger partial charge in [0, 0.05) is 30.1 Å². The van der Waals surface area contributed by atoms with Crippen molar-refractivity contribution >= 4 is 35.7 Å². The zero-order valence-electron chi connectivity index (χ0n) is 18.2. The Labute approximate surface area is 200 Å². The number of aromatic nitrogens is 2. The molecular weight excluding hydrogens is 450 g/mol. The van der Waals surface area contributed by atoms with Crippen LogP contribution in [0.25, 0.3) is 0 Å². The van der Waals surface area contributed by atoms with Crippen molar-refractivity contribution in [3.63, 3.8) is 0 Å². The zero-order chi connectivity index (χ0) is 22.9. The molecule has 170 valence electrons. The summed E-state index contributed by atoms with van der Waals surface area (Å²) in [6, 6.07) is 14.1. The van der Waals surface area contributed by atoms with Gasteiger partial charge in [-0.3, -0.25) is 9.79 Å². The standard InChI is InChI=1S/C25H21N5O3S/c31-17(7-5-15-6-8-19-20(10-15)33-14-32-19)9-16-11-26-25(27-12-16)30-24-23-22(28-13-29-24)18-3-1-2-4-21(18)34-23/h1-4,6,8,10-13,22-23H,5,7,9,14H2,(H,26,27,28,29,30). The molecule has 0 spiro atoms. The maximum atomic E-state index is 12.5. The van der Waals surface area contributed by atoms with Gasteiger partial charge in [-0.05, 0) is 41.3 Å². The number of aliphatic imine (C=N–C) groups is 2. The summed E-state index contributed by atoms with van der Waals surface area (Å²) in [6.07, 6.45) is 6.38. The number of thioether (sulfide) groups is 1. The van der Waals surface area contributed by atoms with E-state index in [9.17, 15) is 4.79 Å². The smallest absolute Gasteiger partial charge is 0.231 e. The lowest BCUT2D eigenvalue weighted by atomic mass is 10.0. The average molecular weight is 472 g/mol. The fourth-order valence-electron chi connectivity index (χ4n) is 4.23. The van der Waals surface area contributed by atoms with Gasteiger partial charge in [0.25, 0.3) is 0 Å². The molecule has 0 saturated heterocycles. The molecule has 0 radical (unpaired) electrons. The van der Waals surface area contributed by atoms with Crippen LogP contribution in [0, 0.1) is 0 Å². The molecule has 9 heteroatoms. The monoisotopic (exact) mass is 471 g/mol. The summed E-state index contributed by atoms with van der Waals surface area (Å²) in [6.45, 7) is 0.247. The largest absolute Gasteiger partial charge is 0.454 e. The van der Waals surface area contributed by atoms with Crippen molar-refractivity contribution in [2.45, 2.75) is 35.4 Å². The summed E-state index contributed by atoms with van der Waals surface area (Å²) in [5, 5.41) is 3.32. The molecule has 2 aromatic carbocycles. The topological polar surface area (TPSA) is 98.1 Å². The number of carbonyl (C=O) groups excluding carboxylic acids is 1. The third kappa shape index (κ3) is 4.14. The Kier molecular flexibility index (Phi) is 5.46. The minimum absolute atomic E-state index is 0.0443. The molecule has 4 heterocycles. The molecule has 1 aromatic heterocycles. The molecule has 8 nitrogen and oxygen atoms in total. The van der Waals surface area contributed by atoms with Gasteiger partial charge in [0.05, 0.1) is 11.3 Å². The van der Waals surface area contributed by atoms with E-state index in [4.69, 9.17) is 9.47 Å². The molecule has 1 N–H and O–H groups in total. The Bertz CT molecular complexity index is 1310. The van der Waals surface area contributed by atoms with Crippen LogP contribution in [0.2, 0.25) is 0 Å². The summed E-state index contributed by atoms with van der Waals surface area (Å²) in [5.74, 6) is 2.87. The van der Waals surface area contributed by atoms with Gasteiger partial charge >= 0.3 is 0 Å². The van der Waals surface area contributed by atoms with E-state index in [0.717, 1.165) is 28.5 Å². The molecule has 0 bridgehead atoms.